The van der Waals surface area contributed by atoms with E-state index >= 15 is 0 Å². The van der Waals surface area contributed by atoms with E-state index < -0.39 is 60.8 Å². The number of fused-ring (bicyclic) bond motifs is 4. The predicted molar refractivity (Wildman–Crippen MR) is 248 cm³/mol. The molecule has 0 radical (unpaired) electrons. The first-order valence-electron chi connectivity index (χ1n) is 21.8. The van der Waals surface area contributed by atoms with Crippen LogP contribution in [0.3, 0.4) is 0 Å². The molecule has 4 aromatic carbocycles. The SMILES string of the molecule is C=C1NN=C2c3cc(-c4ccccc4)c(-c4ccc(C5(NC(=O)OCc6ccc(NC(=O)[C@@H]7CC(F)(F)CN7C(=O)CNC(=O)c7ccnc8ccccc78)cc6)CCC5)cc4)nc3C=CN12. The van der Waals surface area contributed by atoms with Gasteiger partial charge in [-0.25, -0.2) is 18.6 Å². The third-order valence-corrected chi connectivity index (χ3v) is 12.6. The summed E-state index contributed by atoms with van der Waals surface area (Å²) in [6, 6.07) is 33.7. The highest BCUT2D eigenvalue weighted by Gasteiger charge is 2.50. The lowest BCUT2D eigenvalue weighted by molar-refractivity contribution is -0.136. The van der Waals surface area contributed by atoms with Gasteiger partial charge in [0.25, 0.3) is 11.8 Å². The van der Waals surface area contributed by atoms with E-state index in [0.29, 0.717) is 28.0 Å². The van der Waals surface area contributed by atoms with Gasteiger partial charge in [0, 0.05) is 46.6 Å². The van der Waals surface area contributed by atoms with Crippen LogP contribution in [0.5, 0.6) is 0 Å². The summed E-state index contributed by atoms with van der Waals surface area (Å²) in [4.78, 5) is 64.8. The number of nitrogens with zero attached hydrogens (tertiary/aromatic N) is 5. The number of benzene rings is 4. The topological polar surface area (TPSA) is 170 Å². The molecule has 14 nitrogen and oxygen atoms in total. The molecule has 10 rings (SSSR count). The molecule has 1 saturated carbocycles. The van der Waals surface area contributed by atoms with Gasteiger partial charge in [-0.1, -0.05) is 91.5 Å². The quantitative estimate of drug-likeness (QED) is 0.101. The van der Waals surface area contributed by atoms with Gasteiger partial charge in [0.2, 0.25) is 11.8 Å². The number of aromatic nitrogens is 2. The number of hydrogen-bond donors (Lipinski definition) is 4. The van der Waals surface area contributed by atoms with E-state index in [-0.39, 0.29) is 12.2 Å². The van der Waals surface area contributed by atoms with Crippen LogP contribution in [-0.2, 0) is 26.5 Å². The Morgan fingerprint density at radius 2 is 1.64 bits per heavy atom. The second kappa shape index (κ2) is 17.3. The second-order valence-corrected chi connectivity index (χ2v) is 16.9. The molecule has 0 unspecified atom stereocenters. The molecule has 4 aliphatic rings. The van der Waals surface area contributed by atoms with Crippen LogP contribution in [-0.4, -0.2) is 74.5 Å². The summed E-state index contributed by atoms with van der Waals surface area (Å²) in [7, 11) is 0. The van der Waals surface area contributed by atoms with Gasteiger partial charge < -0.3 is 25.6 Å². The number of amidine groups is 1. The fraction of sp³-hybridized carbons (Fsp3) is 0.196. The summed E-state index contributed by atoms with van der Waals surface area (Å²) in [5.41, 5.74) is 10.4. The molecule has 16 heteroatoms. The van der Waals surface area contributed by atoms with Gasteiger partial charge in [-0.05, 0) is 72.4 Å². The summed E-state index contributed by atoms with van der Waals surface area (Å²) in [6.45, 7) is 2.42. The number of hydrazone groups is 1. The van der Waals surface area contributed by atoms with Crippen molar-refractivity contribution in [3.8, 4) is 22.4 Å². The Hall–Kier alpha value is -8.27. The number of alkyl carbamates (subject to hydrolysis) is 1. The second-order valence-electron chi connectivity index (χ2n) is 16.9. The summed E-state index contributed by atoms with van der Waals surface area (Å²) < 4.78 is 35.0. The van der Waals surface area contributed by atoms with Crippen molar-refractivity contribution in [1.29, 1.82) is 0 Å². The molecule has 1 aliphatic carbocycles. The molecule has 1 atom stereocenters. The van der Waals surface area contributed by atoms with Gasteiger partial charge in [-0.3, -0.25) is 29.7 Å². The van der Waals surface area contributed by atoms with E-state index in [1.165, 1.54) is 12.3 Å². The molecule has 4 amide bonds. The molecule has 0 spiro atoms. The Balaban J connectivity index is 0.755. The lowest BCUT2D eigenvalue weighted by Gasteiger charge is -2.42. The average Bonchev–Trinajstić information content (AvgIpc) is 3.89. The molecule has 6 aromatic rings. The molecule has 0 bridgehead atoms. The summed E-state index contributed by atoms with van der Waals surface area (Å²) in [5.74, 6) is -4.10. The lowest BCUT2D eigenvalue weighted by Crippen LogP contribution is -2.50. The Morgan fingerprint density at radius 1 is 0.881 bits per heavy atom. The van der Waals surface area contributed by atoms with Crippen LogP contribution in [0.1, 0.15) is 58.4 Å². The van der Waals surface area contributed by atoms with Crippen LogP contribution >= 0.6 is 0 Å². The van der Waals surface area contributed by atoms with E-state index in [1.807, 2.05) is 59.6 Å². The number of carbonyl (C=O) groups is 4. The van der Waals surface area contributed by atoms with Gasteiger partial charge >= 0.3 is 6.09 Å². The first kappa shape index (κ1) is 42.7. The highest BCUT2D eigenvalue weighted by Crippen LogP contribution is 2.43. The molecule has 2 aromatic heterocycles. The molecule has 4 N–H and O–H groups in total. The third kappa shape index (κ3) is 8.44. The average molecular weight is 900 g/mol. The zero-order valence-electron chi connectivity index (χ0n) is 36.0. The molecule has 336 valence electrons. The predicted octanol–water partition coefficient (Wildman–Crippen LogP) is 7.90. The van der Waals surface area contributed by atoms with Crippen LogP contribution in [0.2, 0.25) is 0 Å². The van der Waals surface area contributed by atoms with Gasteiger partial charge in [0.15, 0.2) is 5.84 Å². The fourth-order valence-electron chi connectivity index (χ4n) is 8.95. The number of alkyl halides is 2. The van der Waals surface area contributed by atoms with Crippen molar-refractivity contribution >= 4 is 52.3 Å². The summed E-state index contributed by atoms with van der Waals surface area (Å²) in [5, 5.41) is 13.3. The number of likely N-dealkylation sites (tertiary alicyclic amines) is 1. The van der Waals surface area contributed by atoms with E-state index in [0.717, 1.165) is 69.2 Å². The number of carbonyl (C=O) groups excluding carboxylic acids is 4. The number of halogens is 2. The first-order valence-corrected chi connectivity index (χ1v) is 21.8. The smallest absolute Gasteiger partial charge is 0.408 e. The van der Waals surface area contributed by atoms with Crippen LogP contribution < -0.4 is 21.4 Å². The Kier molecular flexibility index (Phi) is 11.0. The number of anilines is 1. The van der Waals surface area contributed by atoms with Crippen molar-refractivity contribution < 1.29 is 32.7 Å². The minimum Gasteiger partial charge on any atom is -0.445 e. The number of nitrogens with one attached hydrogen (secondary N) is 4. The minimum atomic E-state index is -3.31. The maximum atomic E-state index is 14.7. The molecule has 67 heavy (non-hydrogen) atoms. The molecular weight excluding hydrogens is 857 g/mol. The first-order chi connectivity index (χ1) is 32.4. The summed E-state index contributed by atoms with van der Waals surface area (Å²) in [6.07, 6.45) is 6.25. The molecular formula is C51H43F2N9O5. The van der Waals surface area contributed by atoms with Crippen molar-refractivity contribution in [2.45, 2.75) is 49.8 Å². The van der Waals surface area contributed by atoms with Gasteiger partial charge in [-0.2, -0.15) is 5.10 Å². The lowest BCUT2D eigenvalue weighted by atomic mass is 9.71. The molecule has 1 saturated heterocycles. The Bertz CT molecular complexity index is 3020. The fourth-order valence-corrected chi connectivity index (χ4v) is 8.95. The number of ether oxygens (including phenoxy) is 1. The van der Waals surface area contributed by atoms with E-state index in [4.69, 9.17) is 9.72 Å². The monoisotopic (exact) mass is 899 g/mol. The van der Waals surface area contributed by atoms with E-state index in [2.05, 4.69) is 56.2 Å². The standard InChI is InChI=1S/C51H43F2N9O5/c1-31-59-60-46-40-26-39(33-8-3-2-4-9-33)45(57-42(40)21-25-61(31)46)34-14-16-35(17-15-34)50(22-7-23-50)58-49(66)67-29-32-12-18-36(19-13-32)56-48(65)43-27-51(52,53)30-62(43)44(63)28-55-47(64)38-20-24-54-41-11-6-5-10-37(38)41/h2-6,8-21,24-26,43,59H,1,7,22-23,27-30H2,(H,55,64)(H,56,65)(H,58,66)/t43-/m0/s1. The van der Waals surface area contributed by atoms with Crippen molar-refractivity contribution in [2.24, 2.45) is 5.10 Å². The maximum Gasteiger partial charge on any atom is 0.408 e. The van der Waals surface area contributed by atoms with Gasteiger partial charge in [0.1, 0.15) is 18.5 Å². The third-order valence-electron chi connectivity index (χ3n) is 12.6. The maximum absolute atomic E-state index is 14.7. The molecule has 2 fully saturated rings. The van der Waals surface area contributed by atoms with E-state index in [1.54, 1.807) is 48.5 Å². The van der Waals surface area contributed by atoms with Gasteiger partial charge in [-0.15, -0.1) is 0 Å². The number of pyridine rings is 2. The molecule has 5 heterocycles. The van der Waals surface area contributed by atoms with Gasteiger partial charge in [0.05, 0.1) is 41.1 Å². The number of rotatable bonds is 11. The largest absolute Gasteiger partial charge is 0.445 e. The van der Waals surface area contributed by atoms with Crippen molar-refractivity contribution in [3.63, 3.8) is 0 Å². The van der Waals surface area contributed by atoms with Crippen LogP contribution in [0.4, 0.5) is 19.3 Å². The zero-order chi connectivity index (χ0) is 46.3. The number of para-hydroxylation sites is 1. The van der Waals surface area contributed by atoms with Crippen LogP contribution in [0, 0.1) is 0 Å². The van der Waals surface area contributed by atoms with E-state index in [9.17, 15) is 28.0 Å². The summed E-state index contributed by atoms with van der Waals surface area (Å²) >= 11 is 0. The number of hydrogen-bond acceptors (Lipinski definition) is 10. The van der Waals surface area contributed by atoms with Crippen LogP contribution in [0.25, 0.3) is 39.4 Å². The highest BCUT2D eigenvalue weighted by molar-refractivity contribution is 6.08. The zero-order valence-corrected chi connectivity index (χ0v) is 36.0. The Labute approximate surface area is 383 Å². The van der Waals surface area contributed by atoms with Crippen molar-refractivity contribution in [2.75, 3.05) is 18.4 Å². The number of amides is 4. The van der Waals surface area contributed by atoms with Crippen molar-refractivity contribution in [1.82, 2.24) is 35.8 Å². The Morgan fingerprint density at radius 3 is 2.40 bits per heavy atom. The van der Waals surface area contributed by atoms with Crippen molar-refractivity contribution in [3.05, 3.63) is 168 Å². The molecule has 3 aliphatic heterocycles. The minimum absolute atomic E-state index is 0.0672. The van der Waals surface area contributed by atoms with Crippen LogP contribution in [0.15, 0.2) is 145 Å². The normalized spacial score (nSPS) is 17.4. The highest BCUT2D eigenvalue weighted by atomic mass is 19.3.